The minimum Gasteiger partial charge on any atom is -0.494 e. The fraction of sp³-hybridized carbons (Fsp3) is 0.250. The number of carbonyl (C=O) groups is 3. The molecular weight excluding hydrogens is 734 g/mol. The number of methoxy groups -OCH3 is 1. The molecule has 17 heteroatoms. The second kappa shape index (κ2) is 15.3. The van der Waals surface area contributed by atoms with E-state index in [-0.39, 0.29) is 47.7 Å². The van der Waals surface area contributed by atoms with Gasteiger partial charge in [0.2, 0.25) is 11.8 Å². The average Bonchev–Trinajstić information content (AvgIpc) is 3.45. The number of anilines is 4. The number of halogens is 1. The van der Waals surface area contributed by atoms with Crippen LogP contribution in [0, 0.1) is 5.82 Å². The monoisotopic (exact) mass is 771 g/mol. The van der Waals surface area contributed by atoms with Crippen molar-refractivity contribution in [3.05, 3.63) is 112 Å². The molecule has 3 amide bonds. The predicted octanol–water partition coefficient (Wildman–Crippen LogP) is 4.16. The van der Waals surface area contributed by atoms with E-state index in [2.05, 4.69) is 46.1 Å². The summed E-state index contributed by atoms with van der Waals surface area (Å²) in [6.45, 7) is 2.23. The van der Waals surface area contributed by atoms with Crippen molar-refractivity contribution in [3.63, 3.8) is 0 Å². The number of hydrogen-bond acceptors (Lipinski definition) is 12. The number of hydrogen-bond donors (Lipinski definition) is 4. The molecule has 1 atom stereocenters. The van der Waals surface area contributed by atoms with Crippen LogP contribution in [0.5, 0.6) is 5.75 Å². The molecule has 6 aromatic rings. The van der Waals surface area contributed by atoms with E-state index < -0.39 is 17.8 Å². The van der Waals surface area contributed by atoms with Gasteiger partial charge in [0.25, 0.3) is 5.91 Å². The average molecular weight is 772 g/mol. The van der Waals surface area contributed by atoms with Gasteiger partial charge in [-0.15, -0.1) is 0 Å². The van der Waals surface area contributed by atoms with Crippen LogP contribution in [-0.2, 0) is 23.2 Å². The third-order valence-corrected chi connectivity index (χ3v) is 10.3. The number of likely N-dealkylation sites (tertiary alicyclic amines) is 1. The number of ether oxygens (including phenoxy) is 1. The Hall–Kier alpha value is -7.01. The summed E-state index contributed by atoms with van der Waals surface area (Å²) in [4.78, 5) is 70.2. The first kappa shape index (κ1) is 36.9. The number of imide groups is 1. The summed E-state index contributed by atoms with van der Waals surface area (Å²) in [6, 6.07) is 15.9. The van der Waals surface area contributed by atoms with Gasteiger partial charge in [-0.2, -0.15) is 0 Å². The predicted molar refractivity (Wildman–Crippen MR) is 209 cm³/mol. The summed E-state index contributed by atoms with van der Waals surface area (Å²) >= 11 is 0. The number of amides is 3. The Morgan fingerprint density at radius 3 is 2.42 bits per heavy atom. The molecule has 0 radical (unpaired) electrons. The topological polar surface area (TPSA) is 190 Å². The lowest BCUT2D eigenvalue weighted by Gasteiger charge is -2.40. The van der Waals surface area contributed by atoms with Crippen molar-refractivity contribution in [2.75, 3.05) is 37.9 Å². The van der Waals surface area contributed by atoms with Crippen LogP contribution >= 0.6 is 0 Å². The number of carbonyl (C=O) groups excluding carboxylic acids is 3. The molecule has 6 heterocycles. The normalized spacial score (nSPS) is 15.9. The molecule has 1 unspecified atom stereocenters. The molecule has 0 saturated carbocycles. The Bertz CT molecular complexity index is 2580. The zero-order chi connectivity index (χ0) is 39.8. The van der Waals surface area contributed by atoms with Gasteiger partial charge in [0.15, 0.2) is 17.4 Å². The van der Waals surface area contributed by atoms with Crippen molar-refractivity contribution in [1.29, 1.82) is 0 Å². The van der Waals surface area contributed by atoms with Crippen LogP contribution in [0.1, 0.15) is 46.3 Å². The lowest BCUT2D eigenvalue weighted by molar-refractivity contribution is -0.135. The van der Waals surface area contributed by atoms with Gasteiger partial charge < -0.3 is 20.7 Å². The SMILES string of the molecule is CNC(=O)c1cnc(Nc2ccc(CN3CC(c4cccc5c4n(C)c(=O)n5C4CCC(=O)NC4=O)C3)cn2)cc1Nc1cccc(-c2ncc(F)cn2)c1OC. The first-order valence-corrected chi connectivity index (χ1v) is 18.2. The minimum atomic E-state index is -0.730. The van der Waals surface area contributed by atoms with E-state index in [4.69, 9.17) is 4.74 Å². The van der Waals surface area contributed by atoms with Crippen LogP contribution in [-0.4, -0.2) is 78.9 Å². The summed E-state index contributed by atoms with van der Waals surface area (Å²) in [6.07, 6.45) is 5.89. The second-order valence-corrected chi connectivity index (χ2v) is 13.9. The molecule has 4 aromatic heterocycles. The summed E-state index contributed by atoms with van der Waals surface area (Å²) in [5, 5.41) is 11.5. The highest BCUT2D eigenvalue weighted by atomic mass is 19.1. The molecule has 4 N–H and O–H groups in total. The van der Waals surface area contributed by atoms with E-state index in [1.807, 2.05) is 30.3 Å². The van der Waals surface area contributed by atoms with E-state index in [0.29, 0.717) is 46.4 Å². The van der Waals surface area contributed by atoms with Gasteiger partial charge in [0, 0.05) is 64.5 Å². The molecule has 2 aromatic carbocycles. The first-order chi connectivity index (χ1) is 27.6. The van der Waals surface area contributed by atoms with E-state index in [9.17, 15) is 23.6 Å². The van der Waals surface area contributed by atoms with E-state index in [1.54, 1.807) is 42.1 Å². The van der Waals surface area contributed by atoms with Gasteiger partial charge >= 0.3 is 5.69 Å². The number of nitrogens with one attached hydrogen (secondary N) is 4. The molecule has 0 spiro atoms. The Morgan fingerprint density at radius 2 is 1.70 bits per heavy atom. The zero-order valence-electron chi connectivity index (χ0n) is 31.2. The Kier molecular flexibility index (Phi) is 9.89. The maximum absolute atomic E-state index is 13.5. The number of nitrogens with zero attached hydrogens (tertiary/aromatic N) is 7. The van der Waals surface area contributed by atoms with Crippen LogP contribution in [0.4, 0.5) is 27.4 Å². The number of imidazole rings is 1. The zero-order valence-corrected chi connectivity index (χ0v) is 31.2. The van der Waals surface area contributed by atoms with Crippen molar-refractivity contribution in [2.24, 2.45) is 7.05 Å². The summed E-state index contributed by atoms with van der Waals surface area (Å²) in [5.74, 6) is 0.159. The number of fused-ring (bicyclic) bond motifs is 1. The van der Waals surface area contributed by atoms with E-state index >= 15 is 0 Å². The third kappa shape index (κ3) is 7.15. The van der Waals surface area contributed by atoms with Gasteiger partial charge in [-0.1, -0.05) is 24.3 Å². The van der Waals surface area contributed by atoms with Gasteiger partial charge in [-0.25, -0.2) is 29.1 Å². The van der Waals surface area contributed by atoms with E-state index in [1.165, 1.54) is 24.9 Å². The number of piperidine rings is 1. The molecule has 2 aliphatic heterocycles. The maximum atomic E-state index is 13.5. The van der Waals surface area contributed by atoms with Gasteiger partial charge in [0.05, 0.1) is 53.0 Å². The van der Waals surface area contributed by atoms with Crippen LogP contribution in [0.2, 0.25) is 0 Å². The van der Waals surface area contributed by atoms with Crippen LogP contribution in [0.25, 0.3) is 22.4 Å². The Balaban J connectivity index is 0.948. The highest BCUT2D eigenvalue weighted by molar-refractivity contribution is 6.01. The van der Waals surface area contributed by atoms with Crippen molar-refractivity contribution >= 4 is 51.8 Å². The van der Waals surface area contributed by atoms with Gasteiger partial charge in [-0.05, 0) is 41.8 Å². The molecule has 8 rings (SSSR count). The second-order valence-electron chi connectivity index (χ2n) is 13.9. The standard InChI is InChI=1S/C40H38FN11O5/c1-42-38(54)27-18-44-33(14-29(27)47-28-8-4-7-26(36(28)57-3)37-45-16-24(41)17-46-37)48-32-12-10-22(15-43-32)19-51-20-23(21-51)25-6-5-9-30-35(25)50(2)40(56)52(30)31-11-13-34(53)49-39(31)55/h4-10,12,14-18,23,31H,11,13,19-21H2,1-3H3,(H,42,54)(H,49,53,55)(H2,43,44,47,48). The molecule has 16 nitrogen and oxygen atoms in total. The molecule has 2 fully saturated rings. The van der Waals surface area contributed by atoms with Crippen LogP contribution < -0.4 is 31.7 Å². The fourth-order valence-corrected chi connectivity index (χ4v) is 7.48. The maximum Gasteiger partial charge on any atom is 0.329 e. The Morgan fingerprint density at radius 1 is 0.930 bits per heavy atom. The number of para-hydroxylation sites is 2. The minimum absolute atomic E-state index is 0.189. The number of rotatable bonds is 11. The van der Waals surface area contributed by atoms with Gasteiger partial charge in [-0.3, -0.25) is 33.7 Å². The highest BCUT2D eigenvalue weighted by Gasteiger charge is 2.34. The highest BCUT2D eigenvalue weighted by Crippen LogP contribution is 2.38. The van der Waals surface area contributed by atoms with Crippen molar-refractivity contribution in [1.82, 2.24) is 44.6 Å². The van der Waals surface area contributed by atoms with E-state index in [0.717, 1.165) is 42.1 Å². The smallest absolute Gasteiger partial charge is 0.329 e. The summed E-state index contributed by atoms with van der Waals surface area (Å²) in [7, 11) is 4.75. The number of aryl methyl sites for hydroxylation is 1. The number of benzene rings is 2. The van der Waals surface area contributed by atoms with Crippen molar-refractivity contribution in [2.45, 2.75) is 31.3 Å². The fourth-order valence-electron chi connectivity index (χ4n) is 7.48. The summed E-state index contributed by atoms with van der Waals surface area (Å²) in [5.41, 5.74) is 5.04. The lowest BCUT2D eigenvalue weighted by Crippen LogP contribution is -2.44. The largest absolute Gasteiger partial charge is 0.494 e. The number of pyridine rings is 2. The molecule has 2 aliphatic rings. The van der Waals surface area contributed by atoms with Crippen molar-refractivity contribution in [3.8, 4) is 17.1 Å². The number of aromatic nitrogens is 6. The molecule has 2 saturated heterocycles. The quantitative estimate of drug-likeness (QED) is 0.138. The molecule has 57 heavy (non-hydrogen) atoms. The first-order valence-electron chi connectivity index (χ1n) is 18.2. The molecule has 0 aliphatic carbocycles. The molecule has 0 bridgehead atoms. The van der Waals surface area contributed by atoms with Crippen LogP contribution in [0.3, 0.4) is 0 Å². The molecule has 290 valence electrons. The lowest BCUT2D eigenvalue weighted by atomic mass is 9.90. The third-order valence-electron chi connectivity index (χ3n) is 10.3. The summed E-state index contributed by atoms with van der Waals surface area (Å²) < 4.78 is 22.3. The van der Waals surface area contributed by atoms with Gasteiger partial charge in [0.1, 0.15) is 17.7 Å². The van der Waals surface area contributed by atoms with Crippen LogP contribution in [0.15, 0.2) is 84.2 Å². The van der Waals surface area contributed by atoms with Crippen molar-refractivity contribution < 1.29 is 23.5 Å². The molecular formula is C40H38FN11O5. The Labute approximate surface area is 325 Å².